The highest BCUT2D eigenvalue weighted by Crippen LogP contribution is 2.21. The van der Waals surface area contributed by atoms with Crippen molar-refractivity contribution in [2.24, 2.45) is 5.92 Å². The zero-order valence-corrected chi connectivity index (χ0v) is 12.6. The lowest BCUT2D eigenvalue weighted by molar-refractivity contribution is -0.121. The number of hydrogen-bond acceptors (Lipinski definition) is 6. The standard InChI is InChI=1S/C12H20N8O/c1-5-8(4)9(20-6-13-18-19-20)11(21)15-12-14-10(7(2)3)16-17-12/h6-9H,5H2,1-4H3,(H2,14,15,16,17,21). The molecule has 0 radical (unpaired) electrons. The van der Waals surface area contributed by atoms with Crippen molar-refractivity contribution in [2.75, 3.05) is 5.32 Å². The van der Waals surface area contributed by atoms with E-state index in [-0.39, 0.29) is 23.7 Å². The average molecular weight is 292 g/mol. The van der Waals surface area contributed by atoms with E-state index in [0.717, 1.165) is 12.2 Å². The van der Waals surface area contributed by atoms with Crippen LogP contribution in [0, 0.1) is 5.92 Å². The molecular formula is C12H20N8O. The SMILES string of the molecule is CCC(C)C(C(=O)Nc1n[nH]c(C(C)C)n1)n1cnnn1. The van der Waals surface area contributed by atoms with Crippen LogP contribution in [0.5, 0.6) is 0 Å². The van der Waals surface area contributed by atoms with Gasteiger partial charge < -0.3 is 0 Å². The van der Waals surface area contributed by atoms with Gasteiger partial charge in [-0.15, -0.1) is 10.2 Å². The minimum absolute atomic E-state index is 0.0806. The van der Waals surface area contributed by atoms with Crippen molar-refractivity contribution in [1.82, 2.24) is 35.4 Å². The van der Waals surface area contributed by atoms with E-state index in [1.54, 1.807) is 0 Å². The van der Waals surface area contributed by atoms with Gasteiger partial charge in [-0.25, -0.2) is 4.68 Å². The van der Waals surface area contributed by atoms with Crippen LogP contribution in [-0.4, -0.2) is 41.3 Å². The number of nitrogens with zero attached hydrogens (tertiary/aromatic N) is 6. The minimum Gasteiger partial charge on any atom is -0.291 e. The number of hydrogen-bond donors (Lipinski definition) is 2. The fourth-order valence-electron chi connectivity index (χ4n) is 1.93. The third kappa shape index (κ3) is 3.41. The first-order chi connectivity index (χ1) is 10.0. The summed E-state index contributed by atoms with van der Waals surface area (Å²) in [5.41, 5.74) is 0. The minimum atomic E-state index is -0.494. The monoisotopic (exact) mass is 292 g/mol. The average Bonchev–Trinajstić information content (AvgIpc) is 3.10. The number of nitrogens with one attached hydrogen (secondary N) is 2. The van der Waals surface area contributed by atoms with Crippen molar-refractivity contribution < 1.29 is 4.79 Å². The Bertz CT molecular complexity index is 576. The van der Waals surface area contributed by atoms with Gasteiger partial charge in [-0.1, -0.05) is 34.1 Å². The molecule has 0 saturated carbocycles. The molecular weight excluding hydrogens is 272 g/mol. The van der Waals surface area contributed by atoms with E-state index in [4.69, 9.17) is 0 Å². The van der Waals surface area contributed by atoms with Crippen molar-refractivity contribution in [3.05, 3.63) is 12.2 Å². The van der Waals surface area contributed by atoms with Crippen molar-refractivity contribution in [1.29, 1.82) is 0 Å². The molecule has 9 nitrogen and oxygen atoms in total. The fourth-order valence-corrected chi connectivity index (χ4v) is 1.93. The Labute approximate surface area is 122 Å². The molecule has 0 spiro atoms. The van der Waals surface area contributed by atoms with Crippen LogP contribution in [0.25, 0.3) is 0 Å². The number of anilines is 1. The van der Waals surface area contributed by atoms with E-state index in [0.29, 0.717) is 0 Å². The molecule has 2 unspecified atom stereocenters. The first-order valence-electron chi connectivity index (χ1n) is 6.98. The van der Waals surface area contributed by atoms with Gasteiger partial charge >= 0.3 is 0 Å². The lowest BCUT2D eigenvalue weighted by Crippen LogP contribution is -2.31. The summed E-state index contributed by atoms with van der Waals surface area (Å²) in [5, 5.41) is 20.5. The van der Waals surface area contributed by atoms with Crippen molar-refractivity contribution in [2.45, 2.75) is 46.1 Å². The number of carbonyl (C=O) groups is 1. The van der Waals surface area contributed by atoms with Crippen molar-refractivity contribution >= 4 is 11.9 Å². The molecule has 9 heteroatoms. The second-order valence-electron chi connectivity index (χ2n) is 5.31. The predicted molar refractivity (Wildman–Crippen MR) is 75.4 cm³/mol. The van der Waals surface area contributed by atoms with Gasteiger partial charge in [0.05, 0.1) is 0 Å². The summed E-state index contributed by atoms with van der Waals surface area (Å²) >= 11 is 0. The Hall–Kier alpha value is -2.32. The second kappa shape index (κ2) is 6.42. The molecule has 2 heterocycles. The normalized spacial score (nSPS) is 14.1. The summed E-state index contributed by atoms with van der Waals surface area (Å²) in [6, 6.07) is -0.494. The molecule has 0 bridgehead atoms. The highest BCUT2D eigenvalue weighted by Gasteiger charge is 2.28. The molecule has 2 atom stereocenters. The maximum Gasteiger partial charge on any atom is 0.252 e. The molecule has 0 aliphatic heterocycles. The molecule has 21 heavy (non-hydrogen) atoms. The molecule has 0 fully saturated rings. The Kier molecular flexibility index (Phi) is 4.61. The van der Waals surface area contributed by atoms with E-state index in [9.17, 15) is 4.79 Å². The summed E-state index contributed by atoms with van der Waals surface area (Å²) in [4.78, 5) is 16.7. The van der Waals surface area contributed by atoms with Crippen LogP contribution in [0.3, 0.4) is 0 Å². The largest absolute Gasteiger partial charge is 0.291 e. The number of rotatable bonds is 6. The van der Waals surface area contributed by atoms with Gasteiger partial charge in [-0.3, -0.25) is 15.2 Å². The van der Waals surface area contributed by atoms with E-state index in [1.165, 1.54) is 11.0 Å². The van der Waals surface area contributed by atoms with E-state index in [1.807, 2.05) is 27.7 Å². The summed E-state index contributed by atoms with van der Waals surface area (Å²) in [6.45, 7) is 7.98. The van der Waals surface area contributed by atoms with Crippen molar-refractivity contribution in [3.63, 3.8) is 0 Å². The molecule has 2 N–H and O–H groups in total. The Morgan fingerprint density at radius 1 is 1.43 bits per heavy atom. The summed E-state index contributed by atoms with van der Waals surface area (Å²) < 4.78 is 1.46. The van der Waals surface area contributed by atoms with E-state index in [2.05, 4.69) is 36.0 Å². The number of amides is 1. The molecule has 114 valence electrons. The molecule has 1 amide bonds. The maximum atomic E-state index is 12.5. The first kappa shape index (κ1) is 15.1. The molecule has 2 rings (SSSR count). The molecule has 0 saturated heterocycles. The topological polar surface area (TPSA) is 114 Å². The van der Waals surface area contributed by atoms with Gasteiger partial charge in [-0.05, 0) is 16.3 Å². The highest BCUT2D eigenvalue weighted by molar-refractivity contribution is 5.92. The highest BCUT2D eigenvalue weighted by atomic mass is 16.2. The Morgan fingerprint density at radius 2 is 2.19 bits per heavy atom. The number of aromatic amines is 1. The van der Waals surface area contributed by atoms with Gasteiger partial charge in [0.1, 0.15) is 18.2 Å². The fraction of sp³-hybridized carbons (Fsp3) is 0.667. The maximum absolute atomic E-state index is 12.5. The Balaban J connectivity index is 2.14. The van der Waals surface area contributed by atoms with Crippen LogP contribution in [-0.2, 0) is 4.79 Å². The second-order valence-corrected chi connectivity index (χ2v) is 5.31. The molecule has 0 aliphatic carbocycles. The number of carbonyl (C=O) groups excluding carboxylic acids is 1. The summed E-state index contributed by atoms with van der Waals surface area (Å²) in [6.07, 6.45) is 2.26. The zero-order chi connectivity index (χ0) is 15.4. The lowest BCUT2D eigenvalue weighted by Gasteiger charge is -2.20. The number of H-pyrrole nitrogens is 1. The molecule has 0 aliphatic rings. The third-order valence-corrected chi connectivity index (χ3v) is 3.39. The molecule has 2 aromatic heterocycles. The molecule has 2 aromatic rings. The van der Waals surface area contributed by atoms with Gasteiger partial charge in [0.15, 0.2) is 0 Å². The first-order valence-corrected chi connectivity index (χ1v) is 6.98. The van der Waals surface area contributed by atoms with Crippen LogP contribution in [0.15, 0.2) is 6.33 Å². The summed E-state index contributed by atoms with van der Waals surface area (Å²) in [7, 11) is 0. The van der Waals surface area contributed by atoms with Crippen LogP contribution in [0.1, 0.15) is 51.9 Å². The molecule has 0 aromatic carbocycles. The smallest absolute Gasteiger partial charge is 0.252 e. The predicted octanol–water partition coefficient (Wildman–Crippen LogP) is 1.14. The van der Waals surface area contributed by atoms with E-state index < -0.39 is 6.04 Å². The van der Waals surface area contributed by atoms with Crippen molar-refractivity contribution in [3.8, 4) is 0 Å². The summed E-state index contributed by atoms with van der Waals surface area (Å²) in [5.74, 6) is 1.06. The van der Waals surface area contributed by atoms with Gasteiger partial charge in [0.2, 0.25) is 5.95 Å². The van der Waals surface area contributed by atoms with Gasteiger partial charge in [0.25, 0.3) is 5.91 Å². The van der Waals surface area contributed by atoms with Crippen LogP contribution >= 0.6 is 0 Å². The number of aromatic nitrogens is 7. The zero-order valence-electron chi connectivity index (χ0n) is 12.6. The lowest BCUT2D eigenvalue weighted by atomic mass is 9.99. The third-order valence-electron chi connectivity index (χ3n) is 3.39. The van der Waals surface area contributed by atoms with Gasteiger partial charge in [-0.2, -0.15) is 4.98 Å². The van der Waals surface area contributed by atoms with Crippen LogP contribution in [0.4, 0.5) is 5.95 Å². The van der Waals surface area contributed by atoms with Crippen LogP contribution < -0.4 is 5.32 Å². The number of tetrazole rings is 1. The van der Waals surface area contributed by atoms with E-state index >= 15 is 0 Å². The van der Waals surface area contributed by atoms with Crippen LogP contribution in [0.2, 0.25) is 0 Å². The quantitative estimate of drug-likeness (QED) is 0.825. The van der Waals surface area contributed by atoms with Gasteiger partial charge in [0, 0.05) is 5.92 Å². The Morgan fingerprint density at radius 3 is 2.71 bits per heavy atom.